The zero-order chi connectivity index (χ0) is 23.9. The number of alkyl halides is 3. The van der Waals surface area contributed by atoms with Gasteiger partial charge in [0.05, 0.1) is 55.9 Å². The summed E-state index contributed by atoms with van der Waals surface area (Å²) in [6, 6.07) is 3.01. The van der Waals surface area contributed by atoms with E-state index in [2.05, 4.69) is 20.4 Å². The predicted octanol–water partition coefficient (Wildman–Crippen LogP) is 3.25. The molecule has 1 aliphatic rings. The molecule has 12 heteroatoms. The van der Waals surface area contributed by atoms with Gasteiger partial charge in [0.15, 0.2) is 0 Å². The van der Waals surface area contributed by atoms with Crippen LogP contribution in [0.5, 0.6) is 0 Å². The van der Waals surface area contributed by atoms with Gasteiger partial charge in [-0.3, -0.25) is 19.4 Å². The Bertz CT molecular complexity index is 1340. The van der Waals surface area contributed by atoms with Crippen LogP contribution in [0.2, 0.25) is 0 Å². The van der Waals surface area contributed by atoms with Gasteiger partial charge in [0.2, 0.25) is 5.76 Å². The van der Waals surface area contributed by atoms with Crippen LogP contribution in [0.25, 0.3) is 21.9 Å². The van der Waals surface area contributed by atoms with Gasteiger partial charge < -0.3 is 19.2 Å². The Balaban J connectivity index is 1.51. The summed E-state index contributed by atoms with van der Waals surface area (Å²) in [5, 5.41) is 7.00. The average molecular weight is 475 g/mol. The zero-order valence-electron chi connectivity index (χ0n) is 18.1. The van der Waals surface area contributed by atoms with Gasteiger partial charge in [-0.05, 0) is 19.1 Å². The molecular weight excluding hydrogens is 455 g/mol. The molecular formula is C22H20F3N5O4. The normalized spacial score (nSPS) is 16.9. The maximum Gasteiger partial charge on any atom is 0.421 e. The fourth-order valence-corrected chi connectivity index (χ4v) is 3.86. The molecule has 1 aromatic carbocycles. The van der Waals surface area contributed by atoms with Crippen LogP contribution in [0.15, 0.2) is 35.1 Å². The Morgan fingerprint density at radius 2 is 2.09 bits per heavy atom. The minimum Gasteiger partial charge on any atom is -0.450 e. The molecule has 1 amide bonds. The Labute approximate surface area is 190 Å². The van der Waals surface area contributed by atoms with E-state index in [1.54, 1.807) is 19.2 Å². The molecule has 0 spiro atoms. The topological polar surface area (TPSA) is 104 Å². The number of furan rings is 1. The number of amides is 1. The number of aryl methyl sites for hydroxylation is 1. The fraction of sp³-hybridized carbons (Fsp3) is 0.364. The van der Waals surface area contributed by atoms with Crippen molar-refractivity contribution < 1.29 is 31.9 Å². The molecule has 0 aliphatic carbocycles. The van der Waals surface area contributed by atoms with Crippen LogP contribution in [-0.4, -0.2) is 51.6 Å². The van der Waals surface area contributed by atoms with E-state index in [0.717, 1.165) is 0 Å². The number of hydrogen-bond donors (Lipinski definition) is 1. The van der Waals surface area contributed by atoms with E-state index in [9.17, 15) is 18.0 Å². The van der Waals surface area contributed by atoms with E-state index in [4.69, 9.17) is 13.9 Å². The summed E-state index contributed by atoms with van der Waals surface area (Å²) in [5.41, 5.74) is -0.0733. The van der Waals surface area contributed by atoms with Crippen molar-refractivity contribution in [1.29, 1.82) is 0 Å². The third-order valence-corrected chi connectivity index (χ3v) is 5.41. The monoisotopic (exact) mass is 475 g/mol. The zero-order valence-corrected chi connectivity index (χ0v) is 18.1. The SMILES string of the molecule is Cc1cnc(CNC(=O)c2oc3ccc4cn(C[C@H]5COCCO5)nc4c3c2C(F)(F)F)cn1. The van der Waals surface area contributed by atoms with Crippen molar-refractivity contribution in [3.63, 3.8) is 0 Å². The first-order valence-electron chi connectivity index (χ1n) is 10.5. The summed E-state index contributed by atoms with van der Waals surface area (Å²) in [5.74, 6) is -1.83. The second-order valence-electron chi connectivity index (χ2n) is 7.93. The van der Waals surface area contributed by atoms with Gasteiger partial charge in [0.1, 0.15) is 22.8 Å². The summed E-state index contributed by atoms with van der Waals surface area (Å²) >= 11 is 0. The molecule has 0 unspecified atom stereocenters. The first-order chi connectivity index (χ1) is 16.3. The summed E-state index contributed by atoms with van der Waals surface area (Å²) in [6.45, 7) is 3.29. The number of aromatic nitrogens is 4. The Hall–Kier alpha value is -3.51. The molecule has 34 heavy (non-hydrogen) atoms. The van der Waals surface area contributed by atoms with Crippen molar-refractivity contribution in [2.75, 3.05) is 19.8 Å². The van der Waals surface area contributed by atoms with Crippen molar-refractivity contribution in [1.82, 2.24) is 25.1 Å². The van der Waals surface area contributed by atoms with Gasteiger partial charge in [-0.25, -0.2) is 0 Å². The number of benzene rings is 1. The molecule has 0 radical (unpaired) electrons. The van der Waals surface area contributed by atoms with Crippen molar-refractivity contribution in [2.24, 2.45) is 0 Å². The number of rotatable bonds is 5. The lowest BCUT2D eigenvalue weighted by atomic mass is 10.1. The molecule has 4 heterocycles. The van der Waals surface area contributed by atoms with Crippen molar-refractivity contribution >= 4 is 27.8 Å². The lowest BCUT2D eigenvalue weighted by molar-refractivity contribution is -0.137. The lowest BCUT2D eigenvalue weighted by Crippen LogP contribution is -2.32. The van der Waals surface area contributed by atoms with Crippen LogP contribution < -0.4 is 5.32 Å². The van der Waals surface area contributed by atoms with E-state index >= 15 is 0 Å². The van der Waals surface area contributed by atoms with Gasteiger partial charge in [-0.1, -0.05) is 0 Å². The summed E-state index contributed by atoms with van der Waals surface area (Å²) < 4.78 is 60.4. The standard InChI is InChI=1S/C22H20F3N5O4/c1-12-6-27-14(7-26-12)8-28-21(31)20-18(22(23,24)25)17-16(34-20)3-2-13-9-30(29-19(13)17)10-15-11-32-4-5-33-15/h2-3,6-7,9,15H,4-5,8,10-11H2,1H3,(H,28,31)/t15-/m0/s1. The highest BCUT2D eigenvalue weighted by Gasteiger charge is 2.42. The quantitative estimate of drug-likeness (QED) is 0.473. The van der Waals surface area contributed by atoms with Gasteiger partial charge in [-0.15, -0.1) is 0 Å². The van der Waals surface area contributed by atoms with Gasteiger partial charge in [-0.2, -0.15) is 18.3 Å². The van der Waals surface area contributed by atoms with Crippen molar-refractivity contribution in [3.05, 3.63) is 53.4 Å². The Morgan fingerprint density at radius 1 is 1.24 bits per heavy atom. The van der Waals surface area contributed by atoms with E-state index in [0.29, 0.717) is 43.1 Å². The maximum absolute atomic E-state index is 14.2. The molecule has 3 aromatic heterocycles. The molecule has 0 saturated carbocycles. The molecule has 1 N–H and O–H groups in total. The first-order valence-corrected chi connectivity index (χ1v) is 10.5. The number of hydrogen-bond acceptors (Lipinski definition) is 7. The van der Waals surface area contributed by atoms with Crippen LogP contribution in [0, 0.1) is 6.92 Å². The van der Waals surface area contributed by atoms with Gasteiger partial charge >= 0.3 is 6.18 Å². The second kappa shape index (κ2) is 8.69. The second-order valence-corrected chi connectivity index (χ2v) is 7.93. The van der Waals surface area contributed by atoms with Crippen LogP contribution in [0.4, 0.5) is 13.2 Å². The molecule has 1 fully saturated rings. The van der Waals surface area contributed by atoms with E-state index in [-0.39, 0.29) is 29.1 Å². The van der Waals surface area contributed by atoms with E-state index < -0.39 is 23.4 Å². The number of ether oxygens (including phenoxy) is 2. The molecule has 178 valence electrons. The average Bonchev–Trinajstić information content (AvgIpc) is 3.40. The van der Waals surface area contributed by atoms with Gasteiger partial charge in [0, 0.05) is 17.8 Å². The maximum atomic E-state index is 14.2. The molecule has 1 saturated heterocycles. The molecule has 9 nitrogen and oxygen atoms in total. The highest BCUT2D eigenvalue weighted by Crippen LogP contribution is 2.42. The third kappa shape index (κ3) is 4.33. The summed E-state index contributed by atoms with van der Waals surface area (Å²) in [6.07, 6.45) is -0.524. The molecule has 4 aromatic rings. The number of halogens is 3. The third-order valence-electron chi connectivity index (χ3n) is 5.41. The largest absolute Gasteiger partial charge is 0.450 e. The number of nitrogens with zero attached hydrogens (tertiary/aromatic N) is 4. The van der Waals surface area contributed by atoms with Gasteiger partial charge in [0.25, 0.3) is 5.91 Å². The Kier molecular flexibility index (Phi) is 5.70. The first kappa shape index (κ1) is 22.3. The minimum atomic E-state index is -4.85. The smallest absolute Gasteiger partial charge is 0.421 e. The number of carbonyl (C=O) groups excluding carboxylic acids is 1. The summed E-state index contributed by atoms with van der Waals surface area (Å²) in [7, 11) is 0. The number of fused-ring (bicyclic) bond motifs is 3. The van der Waals surface area contributed by atoms with Crippen LogP contribution in [-0.2, 0) is 28.7 Å². The van der Waals surface area contributed by atoms with Crippen LogP contribution >= 0.6 is 0 Å². The molecule has 5 rings (SSSR count). The fourth-order valence-electron chi connectivity index (χ4n) is 3.86. The Morgan fingerprint density at radius 3 is 2.79 bits per heavy atom. The summed E-state index contributed by atoms with van der Waals surface area (Å²) in [4.78, 5) is 20.9. The number of nitrogens with one attached hydrogen (secondary N) is 1. The van der Waals surface area contributed by atoms with Crippen LogP contribution in [0.3, 0.4) is 0 Å². The van der Waals surface area contributed by atoms with Crippen molar-refractivity contribution in [2.45, 2.75) is 32.3 Å². The highest BCUT2D eigenvalue weighted by atomic mass is 19.4. The number of carbonyl (C=O) groups is 1. The minimum absolute atomic E-state index is 0.0809. The molecule has 0 bridgehead atoms. The van der Waals surface area contributed by atoms with E-state index in [1.807, 2.05) is 0 Å². The van der Waals surface area contributed by atoms with Crippen molar-refractivity contribution in [3.8, 4) is 0 Å². The molecule has 1 atom stereocenters. The predicted molar refractivity (Wildman–Crippen MR) is 113 cm³/mol. The lowest BCUT2D eigenvalue weighted by Gasteiger charge is -2.22. The van der Waals surface area contributed by atoms with Crippen LogP contribution in [0.1, 0.15) is 27.5 Å². The molecule has 1 aliphatic heterocycles. The van der Waals surface area contributed by atoms with E-state index in [1.165, 1.54) is 23.1 Å². The highest BCUT2D eigenvalue weighted by molar-refractivity contribution is 6.09.